The van der Waals surface area contributed by atoms with Gasteiger partial charge in [-0.05, 0) is 30.6 Å². The Labute approximate surface area is 99.5 Å². The fourth-order valence-corrected chi connectivity index (χ4v) is 2.45. The van der Waals surface area contributed by atoms with Gasteiger partial charge in [0.1, 0.15) is 6.10 Å². The van der Waals surface area contributed by atoms with Crippen LogP contribution in [0.3, 0.4) is 0 Å². The molecule has 0 N–H and O–H groups in total. The quantitative estimate of drug-likeness (QED) is 0.702. The predicted octanol–water partition coefficient (Wildman–Crippen LogP) is 3.55. The molecule has 0 aliphatic heterocycles. The van der Waals surface area contributed by atoms with Crippen LogP contribution in [0.25, 0.3) is 0 Å². The van der Waals surface area contributed by atoms with E-state index in [0.717, 1.165) is 12.8 Å². The zero-order valence-electron chi connectivity index (χ0n) is 10.4. The summed E-state index contributed by atoms with van der Waals surface area (Å²) in [6.45, 7) is 5.88. The van der Waals surface area contributed by atoms with Gasteiger partial charge in [-0.15, -0.1) is 0 Å². The first kappa shape index (κ1) is 14.3. The maximum atomic E-state index is 12.2. The first-order valence-electron chi connectivity index (χ1n) is 5.99. The second-order valence-electron chi connectivity index (χ2n) is 5.27. The van der Waals surface area contributed by atoms with Gasteiger partial charge in [-0.1, -0.05) is 27.2 Å². The minimum absolute atomic E-state index is 0.0394. The van der Waals surface area contributed by atoms with Crippen molar-refractivity contribution in [1.82, 2.24) is 0 Å². The van der Waals surface area contributed by atoms with Crippen molar-refractivity contribution in [1.29, 1.82) is 0 Å². The highest BCUT2D eigenvalue weighted by Gasteiger charge is 2.44. The van der Waals surface area contributed by atoms with Crippen LogP contribution in [0.5, 0.6) is 0 Å². The molecule has 1 aliphatic carbocycles. The van der Waals surface area contributed by atoms with E-state index in [2.05, 4.69) is 4.74 Å². The summed E-state index contributed by atoms with van der Waals surface area (Å²) in [5, 5.41) is 0. The molecular weight excluding hydrogens is 233 g/mol. The van der Waals surface area contributed by atoms with Crippen LogP contribution in [0.2, 0.25) is 0 Å². The molecule has 0 saturated heterocycles. The molecule has 0 aromatic heterocycles. The number of carbonyl (C=O) groups is 1. The Balaban J connectivity index is 2.67. The largest absolute Gasteiger partial charge is 0.490 e. The first-order valence-corrected chi connectivity index (χ1v) is 5.99. The summed E-state index contributed by atoms with van der Waals surface area (Å²) in [5.41, 5.74) is 0. The maximum absolute atomic E-state index is 12.2. The number of rotatable bonds is 2. The van der Waals surface area contributed by atoms with Crippen molar-refractivity contribution in [3.05, 3.63) is 0 Å². The highest BCUT2D eigenvalue weighted by Crippen LogP contribution is 2.36. The SMILES string of the molecule is CC(C)[C@H]1CC[C@@H](C)C[C@@H]1OC(=O)C(F)(F)F. The highest BCUT2D eigenvalue weighted by molar-refractivity contribution is 5.75. The molecule has 1 rings (SSSR count). The molecule has 0 aromatic carbocycles. The molecule has 0 aromatic rings. The van der Waals surface area contributed by atoms with E-state index < -0.39 is 18.2 Å². The number of hydrogen-bond donors (Lipinski definition) is 0. The van der Waals surface area contributed by atoms with Gasteiger partial charge in [0.15, 0.2) is 0 Å². The lowest BCUT2D eigenvalue weighted by Gasteiger charge is -2.36. The van der Waals surface area contributed by atoms with E-state index in [1.54, 1.807) is 0 Å². The fourth-order valence-electron chi connectivity index (χ4n) is 2.45. The predicted molar refractivity (Wildman–Crippen MR) is 57.3 cm³/mol. The van der Waals surface area contributed by atoms with Crippen molar-refractivity contribution < 1.29 is 22.7 Å². The van der Waals surface area contributed by atoms with Gasteiger partial charge in [0.25, 0.3) is 0 Å². The Morgan fingerprint density at radius 3 is 2.35 bits per heavy atom. The smallest absolute Gasteiger partial charge is 0.455 e. The van der Waals surface area contributed by atoms with Gasteiger partial charge >= 0.3 is 12.1 Å². The molecule has 2 nitrogen and oxygen atoms in total. The van der Waals surface area contributed by atoms with Crippen LogP contribution in [0.15, 0.2) is 0 Å². The van der Waals surface area contributed by atoms with Crippen LogP contribution in [-0.2, 0) is 9.53 Å². The molecule has 1 fully saturated rings. The molecule has 0 unspecified atom stereocenters. The zero-order valence-corrected chi connectivity index (χ0v) is 10.4. The molecule has 5 heteroatoms. The molecular formula is C12H19F3O2. The summed E-state index contributed by atoms with van der Waals surface area (Å²) in [7, 11) is 0. The lowest BCUT2D eigenvalue weighted by molar-refractivity contribution is -0.210. The molecule has 0 heterocycles. The van der Waals surface area contributed by atoms with E-state index in [9.17, 15) is 18.0 Å². The lowest BCUT2D eigenvalue weighted by atomic mass is 9.75. The second-order valence-corrected chi connectivity index (χ2v) is 5.27. The van der Waals surface area contributed by atoms with Crippen LogP contribution in [0, 0.1) is 17.8 Å². The fraction of sp³-hybridized carbons (Fsp3) is 0.917. The third-order valence-corrected chi connectivity index (χ3v) is 3.45. The second kappa shape index (κ2) is 5.27. The third-order valence-electron chi connectivity index (χ3n) is 3.45. The molecule has 0 radical (unpaired) electrons. The standard InChI is InChI=1S/C12H19F3O2/c1-7(2)9-5-4-8(3)6-10(9)17-11(16)12(13,14)15/h7-10H,4-6H2,1-3H3/t8-,9-,10+/m1/s1. The average molecular weight is 252 g/mol. The maximum Gasteiger partial charge on any atom is 0.490 e. The number of halogens is 3. The Kier molecular flexibility index (Phi) is 4.44. The van der Waals surface area contributed by atoms with Gasteiger partial charge in [0, 0.05) is 0 Å². The van der Waals surface area contributed by atoms with Gasteiger partial charge in [-0.3, -0.25) is 0 Å². The topological polar surface area (TPSA) is 26.3 Å². The Morgan fingerprint density at radius 2 is 1.88 bits per heavy atom. The average Bonchev–Trinajstić information content (AvgIpc) is 2.15. The monoisotopic (exact) mass is 252 g/mol. The number of esters is 1. The highest BCUT2D eigenvalue weighted by atomic mass is 19.4. The summed E-state index contributed by atoms with van der Waals surface area (Å²) < 4.78 is 41.1. The summed E-state index contributed by atoms with van der Waals surface area (Å²) in [6, 6.07) is 0. The number of alkyl halides is 3. The summed E-state index contributed by atoms with van der Waals surface area (Å²) in [4.78, 5) is 10.9. The van der Waals surface area contributed by atoms with Gasteiger partial charge in [0.2, 0.25) is 0 Å². The molecule has 100 valence electrons. The van der Waals surface area contributed by atoms with E-state index in [4.69, 9.17) is 0 Å². The number of ether oxygens (including phenoxy) is 1. The zero-order chi connectivity index (χ0) is 13.2. The van der Waals surface area contributed by atoms with Crippen molar-refractivity contribution in [2.45, 2.75) is 52.3 Å². The number of carbonyl (C=O) groups excluding carboxylic acids is 1. The Morgan fingerprint density at radius 1 is 1.29 bits per heavy atom. The minimum Gasteiger partial charge on any atom is -0.455 e. The lowest BCUT2D eigenvalue weighted by Crippen LogP contribution is -2.39. The van der Waals surface area contributed by atoms with E-state index in [-0.39, 0.29) is 11.8 Å². The summed E-state index contributed by atoms with van der Waals surface area (Å²) in [6.07, 6.45) is -3.13. The summed E-state index contributed by atoms with van der Waals surface area (Å²) >= 11 is 0. The molecule has 0 amide bonds. The van der Waals surface area contributed by atoms with Crippen molar-refractivity contribution in [2.75, 3.05) is 0 Å². The van der Waals surface area contributed by atoms with Gasteiger partial charge in [-0.2, -0.15) is 13.2 Å². The van der Waals surface area contributed by atoms with Crippen LogP contribution in [0.1, 0.15) is 40.0 Å². The van der Waals surface area contributed by atoms with Crippen molar-refractivity contribution >= 4 is 5.97 Å². The van der Waals surface area contributed by atoms with Crippen LogP contribution < -0.4 is 0 Å². The molecule has 1 saturated carbocycles. The van der Waals surface area contributed by atoms with Gasteiger partial charge in [-0.25, -0.2) is 4.79 Å². The van der Waals surface area contributed by atoms with E-state index in [1.807, 2.05) is 20.8 Å². The van der Waals surface area contributed by atoms with E-state index in [1.165, 1.54) is 0 Å². The third kappa shape index (κ3) is 3.89. The first-order chi connectivity index (χ1) is 7.71. The van der Waals surface area contributed by atoms with Crippen LogP contribution in [-0.4, -0.2) is 18.2 Å². The van der Waals surface area contributed by atoms with E-state index in [0.29, 0.717) is 12.3 Å². The molecule has 3 atom stereocenters. The summed E-state index contributed by atoms with van der Waals surface area (Å²) in [5.74, 6) is -1.47. The van der Waals surface area contributed by atoms with Crippen molar-refractivity contribution in [3.63, 3.8) is 0 Å². The molecule has 17 heavy (non-hydrogen) atoms. The normalized spacial score (nSPS) is 30.4. The van der Waals surface area contributed by atoms with E-state index >= 15 is 0 Å². The minimum atomic E-state index is -4.89. The van der Waals surface area contributed by atoms with Crippen LogP contribution >= 0.6 is 0 Å². The van der Waals surface area contributed by atoms with Gasteiger partial charge < -0.3 is 4.74 Å². The Bertz CT molecular complexity index is 273. The molecule has 0 spiro atoms. The molecule has 0 bridgehead atoms. The van der Waals surface area contributed by atoms with Crippen LogP contribution in [0.4, 0.5) is 13.2 Å². The molecule has 1 aliphatic rings. The van der Waals surface area contributed by atoms with Crippen molar-refractivity contribution in [2.24, 2.45) is 17.8 Å². The Hall–Kier alpha value is -0.740. The van der Waals surface area contributed by atoms with Gasteiger partial charge in [0.05, 0.1) is 0 Å². The number of hydrogen-bond acceptors (Lipinski definition) is 2. The van der Waals surface area contributed by atoms with Crippen molar-refractivity contribution in [3.8, 4) is 0 Å².